The quantitative estimate of drug-likeness (QED) is 0.779. The van der Waals surface area contributed by atoms with Crippen molar-refractivity contribution in [2.24, 2.45) is 5.10 Å². The number of halogens is 1. The molecule has 0 aromatic heterocycles. The average molecular weight is 373 g/mol. The number of nitrogens with one attached hydrogen (secondary N) is 1. The summed E-state index contributed by atoms with van der Waals surface area (Å²) in [5.74, 6) is 1.84. The van der Waals surface area contributed by atoms with Crippen molar-refractivity contribution in [2.75, 3.05) is 42.5 Å². The van der Waals surface area contributed by atoms with Gasteiger partial charge >= 0.3 is 6.09 Å². The third kappa shape index (κ3) is 4.28. The van der Waals surface area contributed by atoms with Gasteiger partial charge < -0.3 is 15.0 Å². The topological polar surface area (TPSA) is 77.5 Å². The van der Waals surface area contributed by atoms with E-state index in [0.29, 0.717) is 31.0 Å². The van der Waals surface area contributed by atoms with Crippen LogP contribution in [-0.2, 0) is 9.53 Å². The molecule has 1 N–H and O–H groups in total. The summed E-state index contributed by atoms with van der Waals surface area (Å²) in [6, 6.07) is 4.54. The number of hydrazone groups is 1. The zero-order valence-electron chi connectivity index (χ0n) is 14.9. The van der Waals surface area contributed by atoms with Gasteiger partial charge in [-0.15, -0.1) is 6.42 Å². The van der Waals surface area contributed by atoms with E-state index < -0.39 is 18.0 Å². The van der Waals surface area contributed by atoms with Crippen LogP contribution in [-0.4, -0.2) is 62.2 Å². The van der Waals surface area contributed by atoms with Gasteiger partial charge in [-0.1, -0.05) is 5.92 Å². The molecule has 1 aromatic rings. The molecular formula is C18H20FN5O3. The Labute approximate surface area is 156 Å². The molecule has 2 aliphatic rings. The molecule has 2 amide bonds. The minimum Gasteiger partial charge on any atom is -0.442 e. The monoisotopic (exact) mass is 373 g/mol. The lowest BCUT2D eigenvalue weighted by Crippen LogP contribution is -2.38. The van der Waals surface area contributed by atoms with Gasteiger partial charge in [-0.3, -0.25) is 14.7 Å². The van der Waals surface area contributed by atoms with Crippen LogP contribution in [0.25, 0.3) is 0 Å². The van der Waals surface area contributed by atoms with Crippen molar-refractivity contribution in [3.63, 3.8) is 0 Å². The molecule has 3 rings (SSSR count). The van der Waals surface area contributed by atoms with Crippen LogP contribution in [0, 0.1) is 18.2 Å². The van der Waals surface area contributed by atoms with Crippen LogP contribution in [0.1, 0.15) is 6.92 Å². The molecule has 0 radical (unpaired) electrons. The van der Waals surface area contributed by atoms with Crippen molar-refractivity contribution in [3.05, 3.63) is 24.0 Å². The van der Waals surface area contributed by atoms with Gasteiger partial charge in [0.15, 0.2) is 0 Å². The minimum atomic E-state index is -0.568. The van der Waals surface area contributed by atoms with Gasteiger partial charge in [0.1, 0.15) is 18.3 Å². The first-order valence-corrected chi connectivity index (χ1v) is 8.49. The van der Waals surface area contributed by atoms with Crippen molar-refractivity contribution < 1.29 is 18.7 Å². The van der Waals surface area contributed by atoms with E-state index >= 15 is 0 Å². The van der Waals surface area contributed by atoms with Crippen molar-refractivity contribution in [2.45, 2.75) is 13.0 Å². The largest absolute Gasteiger partial charge is 0.442 e. The van der Waals surface area contributed by atoms with Crippen LogP contribution in [0.2, 0.25) is 0 Å². The maximum atomic E-state index is 14.6. The van der Waals surface area contributed by atoms with Crippen LogP contribution in [0.4, 0.5) is 20.6 Å². The van der Waals surface area contributed by atoms with E-state index in [9.17, 15) is 14.0 Å². The Hall–Kier alpha value is -3.28. The normalized spacial score (nSPS) is 19.1. The van der Waals surface area contributed by atoms with Crippen molar-refractivity contribution in [1.29, 1.82) is 0 Å². The highest BCUT2D eigenvalue weighted by Gasteiger charge is 2.33. The van der Waals surface area contributed by atoms with Crippen LogP contribution < -0.4 is 15.1 Å². The predicted octanol–water partition coefficient (Wildman–Crippen LogP) is 0.985. The fourth-order valence-electron chi connectivity index (χ4n) is 2.87. The maximum absolute atomic E-state index is 14.6. The Morgan fingerprint density at radius 3 is 2.93 bits per heavy atom. The fourth-order valence-corrected chi connectivity index (χ4v) is 2.87. The third-order valence-electron chi connectivity index (χ3n) is 4.23. The highest BCUT2D eigenvalue weighted by atomic mass is 19.1. The number of cyclic esters (lactones) is 1. The first-order valence-electron chi connectivity index (χ1n) is 8.49. The Kier molecular flexibility index (Phi) is 5.45. The first kappa shape index (κ1) is 18.5. The number of hydrogen-bond acceptors (Lipinski definition) is 6. The second kappa shape index (κ2) is 7.95. The third-order valence-corrected chi connectivity index (χ3v) is 4.23. The van der Waals surface area contributed by atoms with Crippen molar-refractivity contribution in [3.8, 4) is 12.3 Å². The molecule has 2 aliphatic heterocycles. The average Bonchev–Trinajstić information content (AvgIpc) is 3.02. The van der Waals surface area contributed by atoms with Crippen LogP contribution in [0.3, 0.4) is 0 Å². The summed E-state index contributed by atoms with van der Waals surface area (Å²) in [6.07, 6.45) is 5.75. The summed E-state index contributed by atoms with van der Waals surface area (Å²) in [5.41, 5.74) is 0.764. The van der Waals surface area contributed by atoms with Gasteiger partial charge in [-0.05, 0) is 18.2 Å². The highest BCUT2D eigenvalue weighted by Crippen LogP contribution is 2.28. The van der Waals surface area contributed by atoms with Gasteiger partial charge in [0, 0.05) is 13.5 Å². The summed E-state index contributed by atoms with van der Waals surface area (Å²) in [7, 11) is 0. The smallest absolute Gasteiger partial charge is 0.414 e. The Bertz CT molecular complexity index is 807. The Morgan fingerprint density at radius 1 is 1.48 bits per heavy atom. The molecule has 1 aromatic carbocycles. The second-order valence-corrected chi connectivity index (χ2v) is 6.21. The SMILES string of the molecule is C#CCN1CCN(c2ccc(N3C[C@H](CNC(C)=O)OC3=O)cc2F)C=N1. The fraction of sp³-hybridized carbons (Fsp3) is 0.389. The number of anilines is 2. The molecule has 0 unspecified atom stereocenters. The summed E-state index contributed by atoms with van der Waals surface area (Å²) in [5, 5.41) is 8.50. The highest BCUT2D eigenvalue weighted by molar-refractivity contribution is 5.90. The number of carbonyl (C=O) groups excluding carboxylic acids is 2. The number of benzene rings is 1. The molecule has 1 saturated heterocycles. The maximum Gasteiger partial charge on any atom is 0.414 e. The molecule has 0 saturated carbocycles. The van der Waals surface area contributed by atoms with E-state index in [4.69, 9.17) is 11.2 Å². The van der Waals surface area contributed by atoms with E-state index in [1.165, 1.54) is 24.2 Å². The minimum absolute atomic E-state index is 0.205. The summed E-state index contributed by atoms with van der Waals surface area (Å²) in [4.78, 5) is 26.1. The number of rotatable bonds is 5. The van der Waals surface area contributed by atoms with E-state index in [2.05, 4.69) is 16.3 Å². The van der Waals surface area contributed by atoms with Gasteiger partial charge in [-0.2, -0.15) is 5.10 Å². The molecule has 8 nitrogen and oxygen atoms in total. The van der Waals surface area contributed by atoms with Crippen molar-refractivity contribution in [1.82, 2.24) is 10.3 Å². The number of ether oxygens (including phenoxy) is 1. The zero-order chi connectivity index (χ0) is 19.4. The van der Waals surface area contributed by atoms with Crippen LogP contribution in [0.15, 0.2) is 23.3 Å². The zero-order valence-corrected chi connectivity index (χ0v) is 14.9. The Balaban J connectivity index is 1.68. The molecule has 1 fully saturated rings. The van der Waals surface area contributed by atoms with Crippen molar-refractivity contribution >= 4 is 29.7 Å². The summed E-state index contributed by atoms with van der Waals surface area (Å²) in [6.45, 7) is 3.39. The number of terminal acetylenes is 1. The number of carbonyl (C=O) groups is 2. The van der Waals surface area contributed by atoms with E-state index in [0.717, 1.165) is 0 Å². The molecule has 1 atom stereocenters. The molecular weight excluding hydrogens is 353 g/mol. The molecule has 27 heavy (non-hydrogen) atoms. The van der Waals surface area contributed by atoms with Gasteiger partial charge in [0.25, 0.3) is 0 Å². The lowest BCUT2D eigenvalue weighted by molar-refractivity contribution is -0.119. The molecule has 142 valence electrons. The van der Waals surface area contributed by atoms with Crippen LogP contribution in [0.5, 0.6) is 0 Å². The van der Waals surface area contributed by atoms with E-state index in [1.54, 1.807) is 22.0 Å². The molecule has 0 spiro atoms. The lowest BCUT2D eigenvalue weighted by atomic mass is 10.2. The van der Waals surface area contributed by atoms with Gasteiger partial charge in [-0.25, -0.2) is 9.18 Å². The Morgan fingerprint density at radius 2 is 2.30 bits per heavy atom. The van der Waals surface area contributed by atoms with Gasteiger partial charge in [0.2, 0.25) is 5.91 Å². The lowest BCUT2D eigenvalue weighted by Gasteiger charge is -2.29. The molecule has 0 aliphatic carbocycles. The van der Waals surface area contributed by atoms with E-state index in [-0.39, 0.29) is 19.0 Å². The first-order chi connectivity index (χ1) is 13.0. The standard InChI is InChI=1S/C18H20FN5O3/c1-3-6-23-8-7-22(12-21-23)17-5-4-14(9-16(17)19)24-11-15(27-18(24)26)10-20-13(2)25/h1,4-5,9,12,15H,6-8,10-11H2,2H3,(H,20,25)/t15-/m0/s1. The molecule has 2 heterocycles. The van der Waals surface area contributed by atoms with Gasteiger partial charge in [0.05, 0.1) is 37.6 Å². The molecule has 9 heteroatoms. The second-order valence-electron chi connectivity index (χ2n) is 6.21. The summed E-state index contributed by atoms with van der Waals surface area (Å²) < 4.78 is 19.8. The summed E-state index contributed by atoms with van der Waals surface area (Å²) >= 11 is 0. The number of hydrogen-bond donors (Lipinski definition) is 1. The number of nitrogens with zero attached hydrogens (tertiary/aromatic N) is 4. The predicted molar refractivity (Wildman–Crippen MR) is 98.9 cm³/mol. The number of amides is 2. The molecule has 0 bridgehead atoms. The van der Waals surface area contributed by atoms with Crippen LogP contribution >= 0.6 is 0 Å². The van der Waals surface area contributed by atoms with E-state index in [1.807, 2.05) is 0 Å².